The Balaban J connectivity index is 1.41. The van der Waals surface area contributed by atoms with Crippen LogP contribution in [-0.4, -0.2) is 50.4 Å². The Morgan fingerprint density at radius 1 is 0.762 bits per heavy atom. The van der Waals surface area contributed by atoms with Crippen molar-refractivity contribution in [2.75, 3.05) is 13.7 Å². The van der Waals surface area contributed by atoms with Crippen LogP contribution in [0.3, 0.4) is 0 Å². The van der Waals surface area contributed by atoms with Gasteiger partial charge < -0.3 is 28.4 Å². The maximum absolute atomic E-state index is 13.5. The van der Waals surface area contributed by atoms with Crippen LogP contribution >= 0.6 is 0 Å². The normalized spacial score (nSPS) is 23.7. The van der Waals surface area contributed by atoms with E-state index in [1.165, 1.54) is 0 Å². The molecule has 5 rings (SSSR count). The van der Waals surface area contributed by atoms with E-state index in [9.17, 15) is 4.79 Å². The van der Waals surface area contributed by atoms with E-state index >= 15 is 0 Å². The number of ether oxygens (including phenoxy) is 6. The summed E-state index contributed by atoms with van der Waals surface area (Å²) in [6, 6.07) is 29.6. The van der Waals surface area contributed by atoms with Gasteiger partial charge in [-0.25, -0.2) is 4.79 Å². The Bertz CT molecular complexity index is 1290. The highest BCUT2D eigenvalue weighted by molar-refractivity contribution is 5.89. The fraction of sp³-hybridized carbons (Fsp3) is 0.343. The van der Waals surface area contributed by atoms with E-state index in [0.717, 1.165) is 23.1 Å². The van der Waals surface area contributed by atoms with Gasteiger partial charge in [-0.1, -0.05) is 109 Å². The molecule has 1 fully saturated rings. The van der Waals surface area contributed by atoms with Crippen molar-refractivity contribution < 1.29 is 33.2 Å². The van der Waals surface area contributed by atoms with Gasteiger partial charge in [0.2, 0.25) is 0 Å². The van der Waals surface area contributed by atoms with Gasteiger partial charge in [0.15, 0.2) is 12.4 Å². The van der Waals surface area contributed by atoms with Gasteiger partial charge in [0.05, 0.1) is 26.4 Å². The number of carbonyl (C=O) groups excluding carboxylic acids is 1. The summed E-state index contributed by atoms with van der Waals surface area (Å²) in [6.45, 7) is 1.20. The lowest BCUT2D eigenvalue weighted by molar-refractivity contribution is -0.316. The van der Waals surface area contributed by atoms with E-state index < -0.39 is 36.7 Å². The van der Waals surface area contributed by atoms with Crippen molar-refractivity contribution in [3.63, 3.8) is 0 Å². The monoisotopic (exact) mass is 570 g/mol. The maximum Gasteiger partial charge on any atom is 0.334 e. The van der Waals surface area contributed by atoms with Crippen LogP contribution in [0.1, 0.15) is 29.5 Å². The lowest BCUT2D eigenvalue weighted by Gasteiger charge is -2.45. The molecule has 3 aromatic carbocycles. The standard InChI is InChI=1S/C35H38O7/c1-37-35-33(40-24-28-18-10-4-11-19-28)32(42-34(36)29-20-12-5-13-21-29)31(39-23-27-16-8-3-9-17-27)30(41-35)25-38-22-26-14-6-2-7-15-26/h2-12,14-20,30-33,35H,13,21-25H2,1H3/t30-,31+,32+,33-,35-/m1/s1. The van der Waals surface area contributed by atoms with Gasteiger partial charge in [-0.05, 0) is 29.5 Å². The molecule has 0 saturated carbocycles. The van der Waals surface area contributed by atoms with Gasteiger partial charge in [-0.3, -0.25) is 0 Å². The number of benzene rings is 3. The molecule has 1 heterocycles. The molecule has 0 bridgehead atoms. The number of allylic oxidation sites excluding steroid dienone is 3. The number of methoxy groups -OCH3 is 1. The molecule has 1 aliphatic carbocycles. The van der Waals surface area contributed by atoms with E-state index in [2.05, 4.69) is 0 Å². The zero-order valence-electron chi connectivity index (χ0n) is 23.9. The Morgan fingerprint density at radius 2 is 1.33 bits per heavy atom. The molecule has 2 aliphatic rings. The van der Waals surface area contributed by atoms with Gasteiger partial charge in [0.25, 0.3) is 0 Å². The number of esters is 1. The predicted octanol–water partition coefficient (Wildman–Crippen LogP) is 5.93. The molecule has 1 aliphatic heterocycles. The summed E-state index contributed by atoms with van der Waals surface area (Å²) < 4.78 is 37.5. The summed E-state index contributed by atoms with van der Waals surface area (Å²) in [5.41, 5.74) is 3.62. The Hall–Kier alpha value is -3.59. The Kier molecular flexibility index (Phi) is 11.1. The minimum atomic E-state index is -0.819. The third kappa shape index (κ3) is 8.25. The van der Waals surface area contributed by atoms with Crippen molar-refractivity contribution in [2.24, 2.45) is 0 Å². The zero-order valence-corrected chi connectivity index (χ0v) is 23.9. The summed E-state index contributed by atoms with van der Waals surface area (Å²) in [7, 11) is 1.56. The molecule has 0 amide bonds. The van der Waals surface area contributed by atoms with Crippen LogP contribution in [0, 0.1) is 0 Å². The molecule has 7 nitrogen and oxygen atoms in total. The molecule has 0 unspecified atom stereocenters. The molecule has 0 aromatic heterocycles. The molecule has 3 aromatic rings. The van der Waals surface area contributed by atoms with Crippen molar-refractivity contribution in [1.29, 1.82) is 0 Å². The van der Waals surface area contributed by atoms with Crippen molar-refractivity contribution in [3.05, 3.63) is 131 Å². The smallest absolute Gasteiger partial charge is 0.334 e. The van der Waals surface area contributed by atoms with Crippen LogP contribution in [0.2, 0.25) is 0 Å². The number of carbonyl (C=O) groups is 1. The fourth-order valence-corrected chi connectivity index (χ4v) is 5.09. The van der Waals surface area contributed by atoms with Gasteiger partial charge in [0, 0.05) is 12.7 Å². The van der Waals surface area contributed by atoms with E-state index in [0.29, 0.717) is 25.2 Å². The van der Waals surface area contributed by atoms with Crippen LogP contribution in [0.25, 0.3) is 0 Å². The van der Waals surface area contributed by atoms with E-state index in [1.54, 1.807) is 13.2 Å². The van der Waals surface area contributed by atoms with Gasteiger partial charge in [-0.2, -0.15) is 0 Å². The highest BCUT2D eigenvalue weighted by Crippen LogP contribution is 2.31. The third-order valence-electron chi connectivity index (χ3n) is 7.31. The minimum Gasteiger partial charge on any atom is -0.453 e. The molecule has 1 saturated heterocycles. The molecule has 0 spiro atoms. The average Bonchev–Trinajstić information content (AvgIpc) is 3.05. The summed E-state index contributed by atoms with van der Waals surface area (Å²) >= 11 is 0. The lowest BCUT2D eigenvalue weighted by Crippen LogP contribution is -2.62. The first-order chi connectivity index (χ1) is 20.7. The lowest BCUT2D eigenvalue weighted by atomic mass is 9.97. The second-order valence-electron chi connectivity index (χ2n) is 10.3. The van der Waals surface area contributed by atoms with Crippen LogP contribution in [0.15, 0.2) is 115 Å². The predicted molar refractivity (Wildman–Crippen MR) is 158 cm³/mol. The molecule has 7 heteroatoms. The van der Waals surface area contributed by atoms with Crippen LogP contribution in [0.4, 0.5) is 0 Å². The quantitative estimate of drug-likeness (QED) is 0.236. The first kappa shape index (κ1) is 29.9. The SMILES string of the molecule is CO[C@@H]1O[C@H](COCc2ccccc2)[C@H](OCc2ccccc2)[C@H](OC(=O)C2=CC=CCC2)[C@H]1OCc1ccccc1. The van der Waals surface area contributed by atoms with Crippen molar-refractivity contribution >= 4 is 5.97 Å². The molecule has 0 N–H and O–H groups in total. The Morgan fingerprint density at radius 3 is 1.88 bits per heavy atom. The number of rotatable bonds is 13. The average molecular weight is 571 g/mol. The largest absolute Gasteiger partial charge is 0.453 e. The summed E-state index contributed by atoms with van der Waals surface area (Å²) in [6.07, 6.45) is 3.47. The topological polar surface area (TPSA) is 72.5 Å². The molecular formula is C35H38O7. The molecule has 42 heavy (non-hydrogen) atoms. The van der Waals surface area contributed by atoms with E-state index in [1.807, 2.05) is 103 Å². The van der Waals surface area contributed by atoms with Gasteiger partial charge in [-0.15, -0.1) is 0 Å². The van der Waals surface area contributed by atoms with Gasteiger partial charge >= 0.3 is 5.97 Å². The fourth-order valence-electron chi connectivity index (χ4n) is 5.09. The third-order valence-corrected chi connectivity index (χ3v) is 7.31. The maximum atomic E-state index is 13.5. The second-order valence-corrected chi connectivity index (χ2v) is 10.3. The molecule has 5 atom stereocenters. The number of hydrogen-bond acceptors (Lipinski definition) is 7. The van der Waals surface area contributed by atoms with E-state index in [-0.39, 0.29) is 13.2 Å². The van der Waals surface area contributed by atoms with Crippen LogP contribution in [-0.2, 0) is 53.0 Å². The minimum absolute atomic E-state index is 0.207. The van der Waals surface area contributed by atoms with Gasteiger partial charge in [0.1, 0.15) is 18.3 Å². The molecule has 220 valence electrons. The molecule has 0 radical (unpaired) electrons. The summed E-state index contributed by atoms with van der Waals surface area (Å²) in [4.78, 5) is 13.5. The zero-order chi connectivity index (χ0) is 29.0. The highest BCUT2D eigenvalue weighted by Gasteiger charge is 2.50. The van der Waals surface area contributed by atoms with Crippen molar-refractivity contribution in [1.82, 2.24) is 0 Å². The first-order valence-electron chi connectivity index (χ1n) is 14.4. The van der Waals surface area contributed by atoms with Crippen molar-refractivity contribution in [2.45, 2.75) is 63.4 Å². The summed E-state index contributed by atoms with van der Waals surface area (Å²) in [5, 5.41) is 0. The Labute approximate surface area is 247 Å². The second kappa shape index (κ2) is 15.6. The summed E-state index contributed by atoms with van der Waals surface area (Å²) in [5.74, 6) is -0.397. The van der Waals surface area contributed by atoms with Crippen LogP contribution in [0.5, 0.6) is 0 Å². The van der Waals surface area contributed by atoms with E-state index in [4.69, 9.17) is 28.4 Å². The first-order valence-corrected chi connectivity index (χ1v) is 14.4. The van der Waals surface area contributed by atoms with Crippen molar-refractivity contribution in [3.8, 4) is 0 Å². The highest BCUT2D eigenvalue weighted by atomic mass is 16.7. The molecular weight excluding hydrogens is 532 g/mol. The number of hydrogen-bond donors (Lipinski definition) is 0. The van der Waals surface area contributed by atoms with Crippen LogP contribution < -0.4 is 0 Å².